The fourth-order valence-corrected chi connectivity index (χ4v) is 2.28. The van der Waals surface area contributed by atoms with Gasteiger partial charge in [-0.3, -0.25) is 9.59 Å². The van der Waals surface area contributed by atoms with Crippen molar-refractivity contribution in [3.63, 3.8) is 0 Å². The smallest absolute Gasteiger partial charge is 0.240 e. The van der Waals surface area contributed by atoms with E-state index < -0.39 is 11.6 Å². The van der Waals surface area contributed by atoms with Gasteiger partial charge in [-0.2, -0.15) is 0 Å². The maximum absolute atomic E-state index is 13.0. The van der Waals surface area contributed by atoms with Gasteiger partial charge in [-0.25, -0.2) is 4.39 Å². The van der Waals surface area contributed by atoms with E-state index in [0.29, 0.717) is 0 Å². The summed E-state index contributed by atoms with van der Waals surface area (Å²) < 4.78 is 13.0. The van der Waals surface area contributed by atoms with Gasteiger partial charge in [0.05, 0.1) is 18.1 Å². The fraction of sp³-hybridized carbons (Fsp3) is 0.500. The standard InChI is InChI=1S/C16H22FN3O2/c1-10(2)14(18)15(22)19-9-13(21)20-16(7-8-16)11-3-5-12(17)6-4-11/h3-6,10,14H,7-9,18H2,1-2H3,(H,19,22)(H,20,21)/t14-/m0/s1. The van der Waals surface area contributed by atoms with E-state index in [0.717, 1.165) is 18.4 Å². The molecular formula is C16H22FN3O2. The quantitative estimate of drug-likeness (QED) is 0.734. The third-order valence-electron chi connectivity index (χ3n) is 3.97. The van der Waals surface area contributed by atoms with E-state index >= 15 is 0 Å². The van der Waals surface area contributed by atoms with Crippen molar-refractivity contribution in [3.05, 3.63) is 35.6 Å². The predicted octanol–water partition coefficient (Wildman–Crippen LogP) is 1.03. The van der Waals surface area contributed by atoms with Crippen molar-refractivity contribution in [1.82, 2.24) is 10.6 Å². The monoisotopic (exact) mass is 307 g/mol. The molecule has 1 atom stereocenters. The van der Waals surface area contributed by atoms with E-state index in [2.05, 4.69) is 10.6 Å². The van der Waals surface area contributed by atoms with Crippen molar-refractivity contribution in [2.24, 2.45) is 11.7 Å². The highest BCUT2D eigenvalue weighted by molar-refractivity contribution is 5.87. The summed E-state index contributed by atoms with van der Waals surface area (Å²) in [5.41, 5.74) is 6.17. The topological polar surface area (TPSA) is 84.2 Å². The number of hydrogen-bond acceptors (Lipinski definition) is 3. The average Bonchev–Trinajstić information content (AvgIpc) is 3.25. The molecular weight excluding hydrogens is 285 g/mol. The van der Waals surface area contributed by atoms with E-state index in [-0.39, 0.29) is 30.1 Å². The van der Waals surface area contributed by atoms with Gasteiger partial charge in [0.15, 0.2) is 0 Å². The van der Waals surface area contributed by atoms with Crippen molar-refractivity contribution in [1.29, 1.82) is 0 Å². The number of amides is 2. The molecule has 0 radical (unpaired) electrons. The Morgan fingerprint density at radius 3 is 2.36 bits per heavy atom. The molecule has 6 heteroatoms. The van der Waals surface area contributed by atoms with E-state index in [1.54, 1.807) is 12.1 Å². The number of halogens is 1. The first kappa shape index (κ1) is 16.4. The number of carbonyl (C=O) groups excluding carboxylic acids is 2. The Balaban J connectivity index is 1.87. The van der Waals surface area contributed by atoms with Gasteiger partial charge in [0, 0.05) is 0 Å². The SMILES string of the molecule is CC(C)[C@H](N)C(=O)NCC(=O)NC1(c2ccc(F)cc2)CC1. The summed E-state index contributed by atoms with van der Waals surface area (Å²) >= 11 is 0. The summed E-state index contributed by atoms with van der Waals surface area (Å²) in [4.78, 5) is 23.7. The van der Waals surface area contributed by atoms with Crippen LogP contribution in [-0.2, 0) is 15.1 Å². The molecule has 0 aliphatic heterocycles. The van der Waals surface area contributed by atoms with Gasteiger partial charge in [0.2, 0.25) is 11.8 Å². The van der Waals surface area contributed by atoms with Crippen LogP contribution >= 0.6 is 0 Å². The zero-order valence-electron chi connectivity index (χ0n) is 12.9. The number of hydrogen-bond donors (Lipinski definition) is 3. The lowest BCUT2D eigenvalue weighted by Gasteiger charge is -2.19. The van der Waals surface area contributed by atoms with Crippen LogP contribution in [0.2, 0.25) is 0 Å². The Labute approximate surface area is 129 Å². The van der Waals surface area contributed by atoms with Gasteiger partial charge in [0.25, 0.3) is 0 Å². The molecule has 0 spiro atoms. The second-order valence-electron chi connectivity index (χ2n) is 6.12. The summed E-state index contributed by atoms with van der Waals surface area (Å²) in [5.74, 6) is -0.902. The van der Waals surface area contributed by atoms with E-state index in [1.807, 2.05) is 13.8 Å². The van der Waals surface area contributed by atoms with Crippen LogP contribution in [0.15, 0.2) is 24.3 Å². The zero-order valence-corrected chi connectivity index (χ0v) is 12.9. The molecule has 1 aliphatic rings. The molecule has 0 unspecified atom stereocenters. The van der Waals surface area contributed by atoms with Crippen molar-refractivity contribution in [3.8, 4) is 0 Å². The van der Waals surface area contributed by atoms with Crippen LogP contribution in [0.1, 0.15) is 32.3 Å². The van der Waals surface area contributed by atoms with Crippen LogP contribution in [0.5, 0.6) is 0 Å². The van der Waals surface area contributed by atoms with E-state index in [9.17, 15) is 14.0 Å². The second-order valence-corrected chi connectivity index (χ2v) is 6.12. The lowest BCUT2D eigenvalue weighted by molar-refractivity contribution is -0.127. The van der Waals surface area contributed by atoms with Crippen LogP contribution in [0.4, 0.5) is 4.39 Å². The average molecular weight is 307 g/mol. The van der Waals surface area contributed by atoms with E-state index in [1.165, 1.54) is 12.1 Å². The van der Waals surface area contributed by atoms with Crippen molar-refractivity contribution >= 4 is 11.8 Å². The van der Waals surface area contributed by atoms with Crippen molar-refractivity contribution in [2.45, 2.75) is 38.3 Å². The minimum Gasteiger partial charge on any atom is -0.346 e. The van der Waals surface area contributed by atoms with Crippen LogP contribution in [0.25, 0.3) is 0 Å². The van der Waals surface area contributed by atoms with Gasteiger partial charge in [-0.1, -0.05) is 26.0 Å². The molecule has 5 nitrogen and oxygen atoms in total. The molecule has 4 N–H and O–H groups in total. The van der Waals surface area contributed by atoms with Gasteiger partial charge < -0.3 is 16.4 Å². The van der Waals surface area contributed by atoms with Crippen LogP contribution in [0.3, 0.4) is 0 Å². The molecule has 1 saturated carbocycles. The highest BCUT2D eigenvalue weighted by Crippen LogP contribution is 2.45. The maximum atomic E-state index is 13.0. The first-order valence-electron chi connectivity index (χ1n) is 7.44. The summed E-state index contributed by atoms with van der Waals surface area (Å²) in [7, 11) is 0. The highest BCUT2D eigenvalue weighted by Gasteiger charge is 2.45. The third-order valence-corrected chi connectivity index (χ3v) is 3.97. The molecule has 1 aliphatic carbocycles. The summed E-state index contributed by atoms with van der Waals surface area (Å²) in [6, 6.07) is 5.49. The lowest BCUT2D eigenvalue weighted by Crippen LogP contribution is -2.48. The molecule has 2 amide bonds. The Hall–Kier alpha value is -1.95. The Morgan fingerprint density at radius 2 is 1.86 bits per heavy atom. The maximum Gasteiger partial charge on any atom is 0.240 e. The van der Waals surface area contributed by atoms with Crippen LogP contribution in [-0.4, -0.2) is 24.4 Å². The van der Waals surface area contributed by atoms with Crippen molar-refractivity contribution in [2.75, 3.05) is 6.54 Å². The van der Waals surface area contributed by atoms with Gasteiger partial charge in [-0.05, 0) is 36.5 Å². The molecule has 0 heterocycles. The van der Waals surface area contributed by atoms with Gasteiger partial charge in [0.1, 0.15) is 5.82 Å². The van der Waals surface area contributed by atoms with Crippen LogP contribution < -0.4 is 16.4 Å². The predicted molar refractivity (Wildman–Crippen MR) is 81.3 cm³/mol. The number of rotatable bonds is 6. The van der Waals surface area contributed by atoms with Crippen LogP contribution in [0, 0.1) is 11.7 Å². The molecule has 2 rings (SSSR count). The Bertz CT molecular complexity index is 553. The molecule has 1 fully saturated rings. The number of carbonyl (C=O) groups is 2. The molecule has 1 aromatic rings. The number of nitrogens with two attached hydrogens (primary N) is 1. The molecule has 22 heavy (non-hydrogen) atoms. The molecule has 0 aromatic heterocycles. The van der Waals surface area contributed by atoms with Crippen molar-refractivity contribution < 1.29 is 14.0 Å². The molecule has 0 bridgehead atoms. The summed E-state index contributed by atoms with van der Waals surface area (Å²) in [5, 5.41) is 5.45. The first-order valence-corrected chi connectivity index (χ1v) is 7.44. The van der Waals surface area contributed by atoms with Gasteiger partial charge >= 0.3 is 0 Å². The normalized spacial score (nSPS) is 17.0. The minimum absolute atomic E-state index is 0.0112. The zero-order chi connectivity index (χ0) is 16.3. The minimum atomic E-state index is -0.625. The molecule has 120 valence electrons. The Kier molecular flexibility index (Phi) is 4.81. The number of benzene rings is 1. The summed E-state index contributed by atoms with van der Waals surface area (Å²) in [6.45, 7) is 3.58. The first-order chi connectivity index (χ1) is 10.3. The molecule has 0 saturated heterocycles. The summed E-state index contributed by atoms with van der Waals surface area (Å²) in [6.07, 6.45) is 1.62. The van der Waals surface area contributed by atoms with Gasteiger partial charge in [-0.15, -0.1) is 0 Å². The highest BCUT2D eigenvalue weighted by atomic mass is 19.1. The second kappa shape index (κ2) is 6.44. The third kappa shape index (κ3) is 3.82. The fourth-order valence-electron chi connectivity index (χ4n) is 2.28. The molecule has 1 aromatic carbocycles. The number of nitrogens with one attached hydrogen (secondary N) is 2. The largest absolute Gasteiger partial charge is 0.346 e. The van der Waals surface area contributed by atoms with E-state index in [4.69, 9.17) is 5.73 Å². The lowest BCUT2D eigenvalue weighted by atomic mass is 10.0. The Morgan fingerprint density at radius 1 is 1.27 bits per heavy atom.